The molecule has 0 aliphatic heterocycles. The van der Waals surface area contributed by atoms with Crippen LogP contribution in [0.3, 0.4) is 0 Å². The van der Waals surface area contributed by atoms with Crippen LogP contribution in [0.2, 0.25) is 0 Å². The smallest absolute Gasteiger partial charge is 0.136 e. The van der Waals surface area contributed by atoms with Crippen molar-refractivity contribution in [2.24, 2.45) is 23.2 Å². The fourth-order valence-electron chi connectivity index (χ4n) is 4.67. The van der Waals surface area contributed by atoms with Crippen LogP contribution >= 0.6 is 0 Å². The molecule has 0 radical (unpaired) electrons. The summed E-state index contributed by atoms with van der Waals surface area (Å²) in [6, 6.07) is 0. The highest BCUT2D eigenvalue weighted by molar-refractivity contribution is 5.85. The number of hydrogen-bond acceptors (Lipinski definition) is 1. The summed E-state index contributed by atoms with van der Waals surface area (Å²) in [6.07, 6.45) is 7.47. The van der Waals surface area contributed by atoms with Crippen LogP contribution in [0.4, 0.5) is 0 Å². The van der Waals surface area contributed by atoms with Gasteiger partial charge in [0.1, 0.15) is 5.78 Å². The van der Waals surface area contributed by atoms with Gasteiger partial charge >= 0.3 is 0 Å². The quantitative estimate of drug-likeness (QED) is 0.557. The van der Waals surface area contributed by atoms with E-state index in [1.807, 2.05) is 0 Å². The second-order valence-electron chi connectivity index (χ2n) is 5.38. The average molecular weight is 178 g/mol. The molecule has 0 bridgehead atoms. The molecular formula is C12H18O. The molecule has 3 rings (SSSR count). The van der Waals surface area contributed by atoms with Gasteiger partial charge in [-0.2, -0.15) is 0 Å². The summed E-state index contributed by atoms with van der Waals surface area (Å²) in [5, 5.41) is 0. The van der Waals surface area contributed by atoms with Gasteiger partial charge in [-0.05, 0) is 49.4 Å². The molecule has 13 heavy (non-hydrogen) atoms. The number of rotatable bonds is 0. The Bertz CT molecular complexity index is 258. The predicted octanol–water partition coefficient (Wildman–Crippen LogP) is 2.79. The van der Waals surface area contributed by atoms with Gasteiger partial charge in [0, 0.05) is 12.3 Å². The number of hydrogen-bond donors (Lipinski definition) is 0. The maximum atomic E-state index is 11.7. The largest absolute Gasteiger partial charge is 0.299 e. The van der Waals surface area contributed by atoms with Gasteiger partial charge in [0.15, 0.2) is 0 Å². The summed E-state index contributed by atoms with van der Waals surface area (Å²) >= 11 is 0. The molecule has 0 N–H and O–H groups in total. The van der Waals surface area contributed by atoms with Gasteiger partial charge in [0.05, 0.1) is 0 Å². The SMILES string of the molecule is C[C@H]1CC[C@@H]2CC[C@H]3C(=O)CC[C@]213. The first-order chi connectivity index (χ1) is 6.25. The monoisotopic (exact) mass is 178 g/mol. The molecular weight excluding hydrogens is 160 g/mol. The van der Waals surface area contributed by atoms with Crippen LogP contribution in [0.15, 0.2) is 0 Å². The van der Waals surface area contributed by atoms with E-state index in [1.54, 1.807) is 0 Å². The molecule has 3 aliphatic carbocycles. The molecule has 1 spiro atoms. The van der Waals surface area contributed by atoms with E-state index in [9.17, 15) is 4.79 Å². The minimum Gasteiger partial charge on any atom is -0.299 e. The van der Waals surface area contributed by atoms with Crippen molar-refractivity contribution >= 4 is 5.78 Å². The second-order valence-corrected chi connectivity index (χ2v) is 5.38. The van der Waals surface area contributed by atoms with Crippen LogP contribution < -0.4 is 0 Å². The van der Waals surface area contributed by atoms with Crippen molar-refractivity contribution in [2.75, 3.05) is 0 Å². The third-order valence-electron chi connectivity index (χ3n) is 5.27. The van der Waals surface area contributed by atoms with Gasteiger partial charge in [-0.15, -0.1) is 0 Å². The van der Waals surface area contributed by atoms with E-state index in [-0.39, 0.29) is 0 Å². The summed E-state index contributed by atoms with van der Waals surface area (Å²) in [5.74, 6) is 2.82. The fourth-order valence-corrected chi connectivity index (χ4v) is 4.67. The number of ketones is 1. The molecule has 0 aromatic carbocycles. The molecule has 4 atom stereocenters. The molecule has 3 aliphatic rings. The Labute approximate surface area is 79.9 Å². The highest BCUT2D eigenvalue weighted by atomic mass is 16.1. The Morgan fingerprint density at radius 3 is 2.85 bits per heavy atom. The van der Waals surface area contributed by atoms with Crippen LogP contribution in [0.25, 0.3) is 0 Å². The Hall–Kier alpha value is -0.330. The van der Waals surface area contributed by atoms with Gasteiger partial charge in [-0.1, -0.05) is 6.92 Å². The lowest BCUT2D eigenvalue weighted by molar-refractivity contribution is -0.122. The maximum Gasteiger partial charge on any atom is 0.136 e. The van der Waals surface area contributed by atoms with Crippen molar-refractivity contribution in [1.82, 2.24) is 0 Å². The summed E-state index contributed by atoms with van der Waals surface area (Å²) in [6.45, 7) is 2.39. The van der Waals surface area contributed by atoms with Gasteiger partial charge in [-0.25, -0.2) is 0 Å². The summed E-state index contributed by atoms with van der Waals surface area (Å²) in [5.41, 5.74) is 0.497. The summed E-state index contributed by atoms with van der Waals surface area (Å²) in [7, 11) is 0. The van der Waals surface area contributed by atoms with Crippen molar-refractivity contribution in [1.29, 1.82) is 0 Å². The van der Waals surface area contributed by atoms with Crippen molar-refractivity contribution in [2.45, 2.75) is 45.4 Å². The molecule has 0 amide bonds. The number of carbonyl (C=O) groups is 1. The van der Waals surface area contributed by atoms with Crippen LogP contribution in [0.1, 0.15) is 45.4 Å². The van der Waals surface area contributed by atoms with Crippen LogP contribution in [-0.2, 0) is 4.79 Å². The number of carbonyl (C=O) groups excluding carboxylic acids is 1. The van der Waals surface area contributed by atoms with E-state index >= 15 is 0 Å². The molecule has 0 saturated heterocycles. The fraction of sp³-hybridized carbons (Fsp3) is 0.917. The zero-order valence-corrected chi connectivity index (χ0v) is 8.38. The maximum absolute atomic E-state index is 11.7. The van der Waals surface area contributed by atoms with Crippen LogP contribution in [-0.4, -0.2) is 5.78 Å². The molecule has 3 saturated carbocycles. The van der Waals surface area contributed by atoms with Crippen LogP contribution in [0.5, 0.6) is 0 Å². The first-order valence-corrected chi connectivity index (χ1v) is 5.78. The molecule has 0 heterocycles. The molecule has 1 nitrogen and oxygen atoms in total. The summed E-state index contributed by atoms with van der Waals surface area (Å²) in [4.78, 5) is 11.7. The lowest BCUT2D eigenvalue weighted by Crippen LogP contribution is -2.30. The van der Waals surface area contributed by atoms with Gasteiger partial charge < -0.3 is 0 Å². The van der Waals surface area contributed by atoms with Crippen LogP contribution in [0, 0.1) is 23.2 Å². The van der Waals surface area contributed by atoms with E-state index in [4.69, 9.17) is 0 Å². The zero-order valence-electron chi connectivity index (χ0n) is 8.38. The van der Waals surface area contributed by atoms with Crippen molar-refractivity contribution < 1.29 is 4.79 Å². The molecule has 3 fully saturated rings. The molecule has 0 aromatic rings. The van der Waals surface area contributed by atoms with E-state index < -0.39 is 0 Å². The second kappa shape index (κ2) is 2.37. The first-order valence-electron chi connectivity index (χ1n) is 5.78. The predicted molar refractivity (Wildman–Crippen MR) is 51.3 cm³/mol. The first kappa shape index (κ1) is 8.02. The average Bonchev–Trinajstić information content (AvgIpc) is 2.69. The van der Waals surface area contributed by atoms with Crippen molar-refractivity contribution in [3.05, 3.63) is 0 Å². The van der Waals surface area contributed by atoms with E-state index in [1.165, 1.54) is 32.1 Å². The Morgan fingerprint density at radius 2 is 2.00 bits per heavy atom. The molecule has 0 aromatic heterocycles. The third kappa shape index (κ3) is 0.769. The van der Waals surface area contributed by atoms with Gasteiger partial charge in [-0.3, -0.25) is 4.79 Å². The Morgan fingerprint density at radius 1 is 1.23 bits per heavy atom. The van der Waals surface area contributed by atoms with Gasteiger partial charge in [0.2, 0.25) is 0 Å². The topological polar surface area (TPSA) is 17.1 Å². The standard InChI is InChI=1S/C12H18O/c1-8-2-3-9-4-5-10-11(13)6-7-12(8,9)10/h8-10H,2-7H2,1H3/t8-,9+,10-,12+/m0/s1. The van der Waals surface area contributed by atoms with Crippen molar-refractivity contribution in [3.8, 4) is 0 Å². The van der Waals surface area contributed by atoms with E-state index in [0.29, 0.717) is 17.1 Å². The van der Waals surface area contributed by atoms with E-state index in [0.717, 1.165) is 18.3 Å². The minimum absolute atomic E-state index is 0.481. The van der Waals surface area contributed by atoms with Crippen molar-refractivity contribution in [3.63, 3.8) is 0 Å². The Balaban J connectivity index is 2.04. The molecule has 1 heteroatoms. The summed E-state index contributed by atoms with van der Waals surface area (Å²) < 4.78 is 0. The lowest BCUT2D eigenvalue weighted by Gasteiger charge is -2.33. The molecule has 0 unspecified atom stereocenters. The zero-order chi connectivity index (χ0) is 9.05. The molecule has 72 valence electrons. The van der Waals surface area contributed by atoms with Gasteiger partial charge in [0.25, 0.3) is 0 Å². The Kier molecular flexibility index (Phi) is 1.46. The minimum atomic E-state index is 0.481. The lowest BCUT2D eigenvalue weighted by atomic mass is 9.70. The normalized spacial score (nSPS) is 53.9. The third-order valence-corrected chi connectivity index (χ3v) is 5.27. The highest BCUT2D eigenvalue weighted by Crippen LogP contribution is 2.65. The highest BCUT2D eigenvalue weighted by Gasteiger charge is 2.60. The number of Topliss-reactive ketones (excluding diaryl/α,β-unsaturated/α-hetero) is 1. The van der Waals surface area contributed by atoms with E-state index in [2.05, 4.69) is 6.92 Å².